The van der Waals surface area contributed by atoms with E-state index in [4.69, 9.17) is 4.74 Å². The number of Topliss-reactive ketones (excluding diaryl/α,β-unsaturated/α-hetero) is 1. The third-order valence-electron chi connectivity index (χ3n) is 2.33. The molecule has 0 fully saturated rings. The largest absolute Gasteiger partial charge is 0.462 e. The lowest BCUT2D eigenvalue weighted by Gasteiger charge is -2.11. The van der Waals surface area contributed by atoms with Gasteiger partial charge in [-0.05, 0) is 43.9 Å². The minimum Gasteiger partial charge on any atom is -0.462 e. The van der Waals surface area contributed by atoms with E-state index in [0.717, 1.165) is 10.5 Å². The number of halogens is 1. The Labute approximate surface area is 119 Å². The van der Waals surface area contributed by atoms with E-state index in [2.05, 4.69) is 15.9 Å². The Morgan fingerprint density at radius 3 is 2.56 bits per heavy atom. The first-order valence-corrected chi connectivity index (χ1v) is 7.64. The number of carbonyl (C=O) groups excluding carboxylic acids is 2. The Morgan fingerprint density at radius 2 is 2.06 bits per heavy atom. The topological polar surface area (TPSA) is 43.4 Å². The van der Waals surface area contributed by atoms with Gasteiger partial charge in [0.2, 0.25) is 0 Å². The molecule has 0 spiro atoms. The van der Waals surface area contributed by atoms with Crippen LogP contribution in [0, 0.1) is 0 Å². The molecule has 1 aromatic rings. The van der Waals surface area contributed by atoms with Gasteiger partial charge in [0.05, 0.1) is 17.0 Å². The van der Waals surface area contributed by atoms with Gasteiger partial charge < -0.3 is 4.74 Å². The van der Waals surface area contributed by atoms with Gasteiger partial charge >= 0.3 is 5.97 Å². The quantitative estimate of drug-likeness (QED) is 0.470. The highest BCUT2D eigenvalue weighted by Crippen LogP contribution is 2.29. The fourth-order valence-electron chi connectivity index (χ4n) is 1.45. The van der Waals surface area contributed by atoms with Crippen molar-refractivity contribution >= 4 is 39.4 Å². The lowest BCUT2D eigenvalue weighted by Crippen LogP contribution is -2.07. The van der Waals surface area contributed by atoms with Gasteiger partial charge in [-0.15, -0.1) is 11.8 Å². The number of hydrogen-bond acceptors (Lipinski definition) is 4. The van der Waals surface area contributed by atoms with Crippen molar-refractivity contribution in [3.63, 3.8) is 0 Å². The van der Waals surface area contributed by atoms with E-state index in [1.807, 2.05) is 12.3 Å². The Kier molecular flexibility index (Phi) is 5.88. The van der Waals surface area contributed by atoms with Crippen molar-refractivity contribution in [2.75, 3.05) is 12.9 Å². The molecule has 3 nitrogen and oxygen atoms in total. The smallest absolute Gasteiger partial charge is 0.338 e. The molecule has 0 aromatic heterocycles. The molecule has 0 saturated heterocycles. The fourth-order valence-corrected chi connectivity index (χ4v) is 2.22. The number of alkyl halides is 1. The molecule has 98 valence electrons. The van der Waals surface area contributed by atoms with Crippen LogP contribution >= 0.6 is 27.7 Å². The molecule has 1 unspecified atom stereocenters. The Balaban J connectivity index is 3.16. The minimum absolute atomic E-state index is 0.00284. The molecule has 0 heterocycles. The Bertz CT molecular complexity index is 460. The average Bonchev–Trinajstić information content (AvgIpc) is 2.37. The van der Waals surface area contributed by atoms with Gasteiger partial charge in [-0.1, -0.05) is 15.9 Å². The van der Waals surface area contributed by atoms with Gasteiger partial charge in [0, 0.05) is 4.90 Å². The van der Waals surface area contributed by atoms with E-state index in [0.29, 0.717) is 12.2 Å². The standard InChI is InChI=1S/C13H15BrO3S/c1-4-17-13(16)10-5-9(12(14)8(2)15)6-11(7-10)18-3/h5-7,12H,4H2,1-3H3. The summed E-state index contributed by atoms with van der Waals surface area (Å²) in [6.07, 6.45) is 1.92. The first-order chi connectivity index (χ1) is 8.49. The SMILES string of the molecule is CCOC(=O)c1cc(SC)cc(C(Br)C(C)=O)c1. The summed E-state index contributed by atoms with van der Waals surface area (Å²) in [5, 5.41) is 0. The van der Waals surface area contributed by atoms with Crippen LogP contribution in [0.4, 0.5) is 0 Å². The maximum Gasteiger partial charge on any atom is 0.338 e. The van der Waals surface area contributed by atoms with Crippen LogP contribution in [-0.4, -0.2) is 24.6 Å². The van der Waals surface area contributed by atoms with E-state index in [1.165, 1.54) is 18.7 Å². The summed E-state index contributed by atoms with van der Waals surface area (Å²) in [5.74, 6) is -0.360. The molecule has 0 aliphatic rings. The molecule has 0 aliphatic carbocycles. The molecule has 5 heteroatoms. The van der Waals surface area contributed by atoms with Crippen molar-refractivity contribution in [1.82, 2.24) is 0 Å². The average molecular weight is 331 g/mol. The van der Waals surface area contributed by atoms with Crippen LogP contribution in [0.3, 0.4) is 0 Å². The van der Waals surface area contributed by atoms with Crippen molar-refractivity contribution in [3.8, 4) is 0 Å². The molecule has 0 amide bonds. The molecule has 18 heavy (non-hydrogen) atoms. The summed E-state index contributed by atoms with van der Waals surface area (Å²) in [7, 11) is 0. The molecular weight excluding hydrogens is 316 g/mol. The fraction of sp³-hybridized carbons (Fsp3) is 0.385. The first-order valence-electron chi connectivity index (χ1n) is 5.50. The molecule has 0 radical (unpaired) electrons. The van der Waals surface area contributed by atoms with E-state index in [9.17, 15) is 9.59 Å². The van der Waals surface area contributed by atoms with Gasteiger partial charge in [-0.3, -0.25) is 4.79 Å². The van der Waals surface area contributed by atoms with Gasteiger partial charge in [0.1, 0.15) is 5.78 Å². The number of ketones is 1. The zero-order valence-electron chi connectivity index (χ0n) is 10.5. The highest BCUT2D eigenvalue weighted by Gasteiger charge is 2.17. The predicted molar refractivity (Wildman–Crippen MR) is 76.5 cm³/mol. The van der Waals surface area contributed by atoms with Crippen LogP contribution in [0.25, 0.3) is 0 Å². The zero-order chi connectivity index (χ0) is 13.7. The highest BCUT2D eigenvalue weighted by molar-refractivity contribution is 9.09. The van der Waals surface area contributed by atoms with Gasteiger partial charge in [0.15, 0.2) is 0 Å². The van der Waals surface area contributed by atoms with E-state index < -0.39 is 4.83 Å². The number of benzene rings is 1. The lowest BCUT2D eigenvalue weighted by atomic mass is 10.1. The highest BCUT2D eigenvalue weighted by atomic mass is 79.9. The number of rotatable bonds is 5. The third-order valence-corrected chi connectivity index (χ3v) is 4.21. The molecular formula is C13H15BrO3S. The molecule has 1 atom stereocenters. The summed E-state index contributed by atoms with van der Waals surface area (Å²) in [6.45, 7) is 3.61. The van der Waals surface area contributed by atoms with Crippen LogP contribution in [-0.2, 0) is 9.53 Å². The van der Waals surface area contributed by atoms with E-state index in [-0.39, 0.29) is 11.8 Å². The van der Waals surface area contributed by atoms with Crippen LogP contribution in [0.2, 0.25) is 0 Å². The number of hydrogen-bond donors (Lipinski definition) is 0. The summed E-state index contributed by atoms with van der Waals surface area (Å²) in [4.78, 5) is 23.6. The molecule has 0 aliphatic heterocycles. The number of esters is 1. The van der Waals surface area contributed by atoms with Crippen molar-refractivity contribution in [1.29, 1.82) is 0 Å². The maximum atomic E-state index is 11.7. The van der Waals surface area contributed by atoms with Crippen LogP contribution in [0.5, 0.6) is 0 Å². The predicted octanol–water partition coefficient (Wildman–Crippen LogP) is 3.61. The number of ether oxygens (including phenoxy) is 1. The molecule has 0 N–H and O–H groups in total. The van der Waals surface area contributed by atoms with Crippen LogP contribution in [0.15, 0.2) is 23.1 Å². The maximum absolute atomic E-state index is 11.7. The third kappa shape index (κ3) is 3.85. The van der Waals surface area contributed by atoms with Gasteiger partial charge in [-0.25, -0.2) is 4.79 Å². The summed E-state index contributed by atoms with van der Waals surface area (Å²) >= 11 is 4.85. The molecule has 1 aromatic carbocycles. The Hall–Kier alpha value is -0.810. The van der Waals surface area contributed by atoms with Crippen LogP contribution < -0.4 is 0 Å². The zero-order valence-corrected chi connectivity index (χ0v) is 12.9. The van der Waals surface area contributed by atoms with Gasteiger partial charge in [-0.2, -0.15) is 0 Å². The number of thioether (sulfide) groups is 1. The van der Waals surface area contributed by atoms with Crippen molar-refractivity contribution < 1.29 is 14.3 Å². The number of carbonyl (C=O) groups is 2. The molecule has 1 rings (SSSR count). The molecule has 0 saturated carbocycles. The lowest BCUT2D eigenvalue weighted by molar-refractivity contribution is -0.116. The van der Waals surface area contributed by atoms with Gasteiger partial charge in [0.25, 0.3) is 0 Å². The second kappa shape index (κ2) is 6.95. The first kappa shape index (κ1) is 15.2. The minimum atomic E-state index is -0.391. The van der Waals surface area contributed by atoms with Crippen molar-refractivity contribution in [2.24, 2.45) is 0 Å². The van der Waals surface area contributed by atoms with Crippen molar-refractivity contribution in [3.05, 3.63) is 29.3 Å². The summed E-state index contributed by atoms with van der Waals surface area (Å²) in [6, 6.07) is 5.36. The second-order valence-electron chi connectivity index (χ2n) is 3.69. The van der Waals surface area contributed by atoms with Crippen LogP contribution in [0.1, 0.15) is 34.6 Å². The second-order valence-corrected chi connectivity index (χ2v) is 5.48. The summed E-state index contributed by atoms with van der Waals surface area (Å²) in [5.41, 5.74) is 1.25. The Morgan fingerprint density at radius 1 is 1.39 bits per heavy atom. The summed E-state index contributed by atoms with van der Waals surface area (Å²) < 4.78 is 4.97. The monoisotopic (exact) mass is 330 g/mol. The van der Waals surface area contributed by atoms with Crippen molar-refractivity contribution in [2.45, 2.75) is 23.6 Å². The normalized spacial score (nSPS) is 12.0. The van der Waals surface area contributed by atoms with E-state index in [1.54, 1.807) is 19.1 Å². The molecule has 0 bridgehead atoms. The van der Waals surface area contributed by atoms with E-state index >= 15 is 0 Å².